The van der Waals surface area contributed by atoms with Crippen LogP contribution in [0.1, 0.15) is 65.3 Å². The molecular weight excluding hydrogens is 464 g/mol. The standard InChI is InChI=1S/C23H29ClN4O4S/c1-13-17(10-16(24)11-25-13)27-14(2)19-7-8-20(33-19)23(32)28-18(9-15-5-3-4-6-15)22(31)26-12-21(29)30/h7-8,10-11,14-15,18,27H,3-6,9,12H2,1-2H3,(H,26,31)(H,28,32)(H,29,30)/t14-,18-/m0/s1. The number of carboxylic acids is 1. The number of thiophene rings is 1. The summed E-state index contributed by atoms with van der Waals surface area (Å²) in [5.41, 5.74) is 1.64. The lowest BCUT2D eigenvalue weighted by Gasteiger charge is -2.21. The number of nitrogens with zero attached hydrogens (tertiary/aromatic N) is 1. The molecule has 2 aromatic rings. The third-order valence-electron chi connectivity index (χ3n) is 5.78. The molecule has 1 aliphatic rings. The van der Waals surface area contributed by atoms with Crippen LogP contribution in [-0.4, -0.2) is 40.5 Å². The van der Waals surface area contributed by atoms with Gasteiger partial charge in [0.05, 0.1) is 27.3 Å². The van der Waals surface area contributed by atoms with Crippen LogP contribution in [-0.2, 0) is 9.59 Å². The summed E-state index contributed by atoms with van der Waals surface area (Å²) in [5, 5.41) is 18.0. The average Bonchev–Trinajstić information content (AvgIpc) is 3.46. The number of carbonyl (C=O) groups is 3. The highest BCUT2D eigenvalue weighted by molar-refractivity contribution is 7.14. The molecule has 178 valence electrons. The number of nitrogens with one attached hydrogen (secondary N) is 3. The highest BCUT2D eigenvalue weighted by atomic mass is 35.5. The third kappa shape index (κ3) is 7.17. The Morgan fingerprint density at radius 1 is 1.27 bits per heavy atom. The molecule has 1 fully saturated rings. The van der Waals surface area contributed by atoms with Gasteiger partial charge in [-0.3, -0.25) is 19.4 Å². The number of aromatic nitrogens is 1. The second kappa shape index (κ2) is 11.5. The van der Waals surface area contributed by atoms with Crippen molar-refractivity contribution in [3.05, 3.63) is 44.9 Å². The van der Waals surface area contributed by atoms with Crippen molar-refractivity contribution in [2.45, 2.75) is 58.0 Å². The van der Waals surface area contributed by atoms with Crippen molar-refractivity contribution in [2.75, 3.05) is 11.9 Å². The number of hydrogen-bond acceptors (Lipinski definition) is 6. The van der Waals surface area contributed by atoms with E-state index in [1.165, 1.54) is 11.3 Å². The van der Waals surface area contributed by atoms with Gasteiger partial charge in [-0.1, -0.05) is 37.3 Å². The van der Waals surface area contributed by atoms with Gasteiger partial charge in [-0.2, -0.15) is 0 Å². The Balaban J connectivity index is 1.66. The molecule has 1 aliphatic carbocycles. The molecule has 0 saturated heterocycles. The molecule has 10 heteroatoms. The summed E-state index contributed by atoms with van der Waals surface area (Å²) in [5.74, 6) is -1.58. The van der Waals surface area contributed by atoms with Gasteiger partial charge in [0.2, 0.25) is 5.91 Å². The number of anilines is 1. The summed E-state index contributed by atoms with van der Waals surface area (Å²) in [6, 6.07) is 4.58. The summed E-state index contributed by atoms with van der Waals surface area (Å²) in [6.45, 7) is 3.40. The van der Waals surface area contributed by atoms with Crippen LogP contribution < -0.4 is 16.0 Å². The van der Waals surface area contributed by atoms with E-state index in [1.807, 2.05) is 26.0 Å². The van der Waals surface area contributed by atoms with Crippen LogP contribution in [0.15, 0.2) is 24.4 Å². The SMILES string of the molecule is Cc1ncc(Cl)cc1N[C@@H](C)c1ccc(C(=O)N[C@@H](CC2CCCC2)C(=O)NCC(=O)O)s1. The minimum atomic E-state index is -1.12. The largest absolute Gasteiger partial charge is 0.480 e. The zero-order valence-corrected chi connectivity index (χ0v) is 20.3. The van der Waals surface area contributed by atoms with Crippen LogP contribution in [0.5, 0.6) is 0 Å². The van der Waals surface area contributed by atoms with Gasteiger partial charge in [-0.05, 0) is 44.4 Å². The molecule has 0 unspecified atom stereocenters. The molecule has 3 rings (SSSR count). The zero-order chi connectivity index (χ0) is 24.0. The fourth-order valence-electron chi connectivity index (χ4n) is 3.99. The predicted molar refractivity (Wildman–Crippen MR) is 129 cm³/mol. The Bertz CT molecular complexity index is 1010. The topological polar surface area (TPSA) is 120 Å². The Morgan fingerprint density at radius 3 is 2.70 bits per heavy atom. The van der Waals surface area contributed by atoms with E-state index in [9.17, 15) is 14.4 Å². The van der Waals surface area contributed by atoms with Gasteiger partial charge in [0.25, 0.3) is 5.91 Å². The molecule has 0 bridgehead atoms. The van der Waals surface area contributed by atoms with Gasteiger partial charge in [0.1, 0.15) is 12.6 Å². The van der Waals surface area contributed by atoms with Crippen LogP contribution in [0.3, 0.4) is 0 Å². The van der Waals surface area contributed by atoms with E-state index in [0.717, 1.165) is 41.9 Å². The van der Waals surface area contributed by atoms with Crippen molar-refractivity contribution < 1.29 is 19.5 Å². The fourth-order valence-corrected chi connectivity index (χ4v) is 5.06. The molecule has 1 saturated carbocycles. The van der Waals surface area contributed by atoms with Crippen molar-refractivity contribution in [2.24, 2.45) is 5.92 Å². The molecule has 2 aromatic heterocycles. The van der Waals surface area contributed by atoms with Crippen molar-refractivity contribution in [3.8, 4) is 0 Å². The van der Waals surface area contributed by atoms with Crippen molar-refractivity contribution in [1.29, 1.82) is 0 Å². The third-order valence-corrected chi connectivity index (χ3v) is 7.26. The van der Waals surface area contributed by atoms with Gasteiger partial charge in [-0.25, -0.2) is 0 Å². The molecule has 2 atom stereocenters. The van der Waals surface area contributed by atoms with Gasteiger partial charge in [0, 0.05) is 11.1 Å². The van der Waals surface area contributed by atoms with Gasteiger partial charge >= 0.3 is 5.97 Å². The number of hydrogen-bond donors (Lipinski definition) is 4. The second-order valence-electron chi connectivity index (χ2n) is 8.38. The second-order valence-corrected chi connectivity index (χ2v) is 9.93. The number of amides is 2. The maximum atomic E-state index is 12.9. The number of halogens is 1. The molecule has 2 amide bonds. The van der Waals surface area contributed by atoms with Gasteiger partial charge in [-0.15, -0.1) is 11.3 Å². The number of pyridine rings is 1. The summed E-state index contributed by atoms with van der Waals surface area (Å²) in [7, 11) is 0. The summed E-state index contributed by atoms with van der Waals surface area (Å²) >= 11 is 7.39. The van der Waals surface area contributed by atoms with Gasteiger partial charge in [0.15, 0.2) is 0 Å². The van der Waals surface area contributed by atoms with Gasteiger partial charge < -0.3 is 21.1 Å². The van der Waals surface area contributed by atoms with Crippen LogP contribution in [0, 0.1) is 12.8 Å². The van der Waals surface area contributed by atoms with Crippen LogP contribution in [0.2, 0.25) is 5.02 Å². The van der Waals surface area contributed by atoms with Crippen molar-refractivity contribution in [1.82, 2.24) is 15.6 Å². The van der Waals surface area contributed by atoms with Crippen LogP contribution >= 0.6 is 22.9 Å². The molecule has 0 aromatic carbocycles. The Kier molecular flexibility index (Phi) is 8.68. The monoisotopic (exact) mass is 492 g/mol. The number of carbonyl (C=O) groups excluding carboxylic acids is 2. The highest BCUT2D eigenvalue weighted by Crippen LogP contribution is 2.30. The maximum absolute atomic E-state index is 12.9. The zero-order valence-electron chi connectivity index (χ0n) is 18.7. The van der Waals surface area contributed by atoms with E-state index in [-0.39, 0.29) is 11.9 Å². The number of aliphatic carboxylic acids is 1. The smallest absolute Gasteiger partial charge is 0.322 e. The quantitative estimate of drug-likeness (QED) is 0.395. The first-order valence-electron chi connectivity index (χ1n) is 11.0. The molecule has 8 nitrogen and oxygen atoms in total. The molecule has 4 N–H and O–H groups in total. The minimum Gasteiger partial charge on any atom is -0.480 e. The predicted octanol–water partition coefficient (Wildman–Crippen LogP) is 4.16. The molecule has 2 heterocycles. The fraction of sp³-hybridized carbons (Fsp3) is 0.478. The summed E-state index contributed by atoms with van der Waals surface area (Å²) < 4.78 is 0. The molecule has 33 heavy (non-hydrogen) atoms. The van der Waals surface area contributed by atoms with Crippen LogP contribution in [0.4, 0.5) is 5.69 Å². The first-order valence-corrected chi connectivity index (χ1v) is 12.2. The number of carboxylic acid groups (broad SMARTS) is 1. The lowest BCUT2D eigenvalue weighted by atomic mass is 9.97. The van der Waals surface area contributed by atoms with E-state index in [4.69, 9.17) is 16.7 Å². The van der Waals surface area contributed by atoms with Crippen molar-refractivity contribution >= 4 is 46.4 Å². The lowest BCUT2D eigenvalue weighted by molar-refractivity contribution is -0.138. The molecule has 0 spiro atoms. The summed E-state index contributed by atoms with van der Waals surface area (Å²) in [4.78, 5) is 42.0. The Hall–Kier alpha value is -2.65. The Labute approximate surface area is 202 Å². The highest BCUT2D eigenvalue weighted by Gasteiger charge is 2.27. The van der Waals surface area contributed by atoms with Crippen LogP contribution in [0.25, 0.3) is 0 Å². The summed E-state index contributed by atoms with van der Waals surface area (Å²) in [6.07, 6.45) is 6.36. The van der Waals surface area contributed by atoms with E-state index >= 15 is 0 Å². The average molecular weight is 493 g/mol. The first-order chi connectivity index (χ1) is 15.7. The van der Waals surface area contributed by atoms with E-state index in [0.29, 0.717) is 22.2 Å². The number of aryl methyl sites for hydroxylation is 1. The molecule has 0 aliphatic heterocycles. The molecular formula is C23H29ClN4O4S. The van der Waals surface area contributed by atoms with Crippen molar-refractivity contribution in [3.63, 3.8) is 0 Å². The molecule has 0 radical (unpaired) electrons. The Morgan fingerprint density at radius 2 is 2.00 bits per heavy atom. The maximum Gasteiger partial charge on any atom is 0.322 e. The van der Waals surface area contributed by atoms with E-state index in [2.05, 4.69) is 20.9 Å². The van der Waals surface area contributed by atoms with E-state index < -0.39 is 24.5 Å². The minimum absolute atomic E-state index is 0.0799. The lowest BCUT2D eigenvalue weighted by Crippen LogP contribution is -2.48. The van der Waals surface area contributed by atoms with E-state index in [1.54, 1.807) is 12.3 Å². The first kappa shape index (κ1) is 25.0. The normalized spacial score (nSPS) is 15.6. The number of rotatable bonds is 10.